The van der Waals surface area contributed by atoms with Gasteiger partial charge in [0.15, 0.2) is 0 Å². The van der Waals surface area contributed by atoms with Crippen LogP contribution in [0.2, 0.25) is 0 Å². The van der Waals surface area contributed by atoms with Gasteiger partial charge in [0.05, 0.1) is 10.5 Å². The molecular weight excluding hydrogens is 393 g/mol. The minimum Gasteiger partial charge on any atom is -0.340 e. The summed E-state index contributed by atoms with van der Waals surface area (Å²) in [6, 6.07) is 4.41. The molecule has 0 aliphatic carbocycles. The van der Waals surface area contributed by atoms with Crippen molar-refractivity contribution in [2.24, 2.45) is 5.92 Å². The number of carbonyl (C=O) groups excluding carboxylic acids is 1. The Kier molecular flexibility index (Phi) is 6.05. The molecule has 3 rings (SSSR count). The Bertz CT molecular complexity index is 818. The summed E-state index contributed by atoms with van der Waals surface area (Å²) in [7, 11) is -4.27. The van der Waals surface area contributed by atoms with Crippen LogP contribution in [0.3, 0.4) is 0 Å². The quantitative estimate of drug-likeness (QED) is 0.755. The highest BCUT2D eigenvalue weighted by molar-refractivity contribution is 7.89. The van der Waals surface area contributed by atoms with Crippen LogP contribution < -0.4 is 0 Å². The number of halogens is 3. The third kappa shape index (κ3) is 4.20. The van der Waals surface area contributed by atoms with Crippen molar-refractivity contribution in [3.8, 4) is 0 Å². The van der Waals surface area contributed by atoms with E-state index in [9.17, 15) is 26.4 Å². The monoisotopic (exact) mass is 418 g/mol. The standard InChI is InChI=1S/C19H25F3N2O3S/c1-14-6-4-5-11-24(14)18(25)15-9-12-23(13-10-15)28(26,27)17-8-3-2-7-16(17)19(20,21)22/h2-3,7-8,14-15H,4-6,9-13H2,1H3. The van der Waals surface area contributed by atoms with Crippen LogP contribution in [0.15, 0.2) is 29.2 Å². The molecule has 2 heterocycles. The Morgan fingerprint density at radius 1 is 1.04 bits per heavy atom. The highest BCUT2D eigenvalue weighted by atomic mass is 32.2. The number of hydrogen-bond acceptors (Lipinski definition) is 3. The van der Waals surface area contributed by atoms with E-state index in [1.165, 1.54) is 12.1 Å². The molecule has 0 radical (unpaired) electrons. The van der Waals surface area contributed by atoms with Crippen LogP contribution >= 0.6 is 0 Å². The number of alkyl halides is 3. The summed E-state index contributed by atoms with van der Waals surface area (Å²) < 4.78 is 66.4. The molecule has 156 valence electrons. The van der Waals surface area contributed by atoms with E-state index in [1.54, 1.807) is 0 Å². The molecule has 2 fully saturated rings. The molecule has 1 amide bonds. The Labute approximate surface area is 163 Å². The molecule has 2 saturated heterocycles. The maximum absolute atomic E-state index is 13.2. The molecule has 0 aromatic heterocycles. The van der Waals surface area contributed by atoms with Gasteiger partial charge in [-0.1, -0.05) is 12.1 Å². The third-order valence-electron chi connectivity index (χ3n) is 5.70. The summed E-state index contributed by atoms with van der Waals surface area (Å²) in [6.45, 7) is 2.84. The van der Waals surface area contributed by atoms with Gasteiger partial charge >= 0.3 is 6.18 Å². The first-order valence-electron chi connectivity index (χ1n) is 9.59. The van der Waals surface area contributed by atoms with Crippen LogP contribution in [0.5, 0.6) is 0 Å². The number of carbonyl (C=O) groups is 1. The summed E-state index contributed by atoms with van der Waals surface area (Å²) >= 11 is 0. The lowest BCUT2D eigenvalue weighted by molar-refractivity contribution is -0.140. The highest BCUT2D eigenvalue weighted by Gasteiger charge is 2.40. The first-order chi connectivity index (χ1) is 13.1. The fraction of sp³-hybridized carbons (Fsp3) is 0.632. The predicted octanol–water partition coefficient (Wildman–Crippen LogP) is 3.51. The van der Waals surface area contributed by atoms with Crippen molar-refractivity contribution < 1.29 is 26.4 Å². The van der Waals surface area contributed by atoms with E-state index in [0.29, 0.717) is 12.8 Å². The zero-order valence-corrected chi connectivity index (χ0v) is 16.6. The smallest absolute Gasteiger partial charge is 0.340 e. The number of sulfonamides is 1. The number of hydrogen-bond donors (Lipinski definition) is 0. The minimum absolute atomic E-state index is 0.0416. The van der Waals surface area contributed by atoms with Crippen LogP contribution in [0.25, 0.3) is 0 Å². The van der Waals surface area contributed by atoms with Gasteiger partial charge in [-0.2, -0.15) is 17.5 Å². The van der Waals surface area contributed by atoms with Gasteiger partial charge in [-0.3, -0.25) is 4.79 Å². The lowest BCUT2D eigenvalue weighted by Crippen LogP contribution is -2.48. The van der Waals surface area contributed by atoms with Gasteiger partial charge < -0.3 is 4.90 Å². The van der Waals surface area contributed by atoms with E-state index in [-0.39, 0.29) is 31.0 Å². The van der Waals surface area contributed by atoms with Gasteiger partial charge in [-0.25, -0.2) is 8.42 Å². The van der Waals surface area contributed by atoms with Crippen molar-refractivity contribution in [2.45, 2.75) is 56.1 Å². The second-order valence-electron chi connectivity index (χ2n) is 7.55. The van der Waals surface area contributed by atoms with Crippen molar-refractivity contribution in [3.05, 3.63) is 29.8 Å². The Balaban J connectivity index is 1.72. The maximum Gasteiger partial charge on any atom is 0.417 e. The molecule has 0 spiro atoms. The SMILES string of the molecule is CC1CCCCN1C(=O)C1CCN(S(=O)(=O)c2ccccc2C(F)(F)F)CC1. The van der Waals surface area contributed by atoms with Crippen LogP contribution in [0, 0.1) is 5.92 Å². The Morgan fingerprint density at radius 3 is 2.29 bits per heavy atom. The van der Waals surface area contributed by atoms with Crippen molar-refractivity contribution in [1.29, 1.82) is 0 Å². The van der Waals surface area contributed by atoms with Gasteiger partial charge in [0, 0.05) is 31.6 Å². The summed E-state index contributed by atoms with van der Waals surface area (Å²) in [5.74, 6) is -0.232. The molecule has 2 aliphatic rings. The van der Waals surface area contributed by atoms with Crippen molar-refractivity contribution in [2.75, 3.05) is 19.6 Å². The summed E-state index contributed by atoms with van der Waals surface area (Å²) in [5.41, 5.74) is -1.16. The first kappa shape index (κ1) is 21.1. The molecule has 2 aliphatic heterocycles. The van der Waals surface area contributed by atoms with Gasteiger partial charge in [0.2, 0.25) is 15.9 Å². The molecule has 1 unspecified atom stereocenters. The normalized spacial score (nSPS) is 23.0. The Morgan fingerprint density at radius 2 is 1.68 bits per heavy atom. The lowest BCUT2D eigenvalue weighted by atomic mass is 9.94. The summed E-state index contributed by atoms with van der Waals surface area (Å²) in [4.78, 5) is 13.9. The molecule has 1 aromatic rings. The fourth-order valence-electron chi connectivity index (χ4n) is 4.07. The summed E-state index contributed by atoms with van der Waals surface area (Å²) in [6.07, 6.45) is -1.06. The first-order valence-corrected chi connectivity index (χ1v) is 11.0. The third-order valence-corrected chi connectivity index (χ3v) is 7.66. The van der Waals surface area contributed by atoms with Gasteiger partial charge in [-0.05, 0) is 51.2 Å². The molecule has 1 aromatic carbocycles. The number of likely N-dealkylation sites (tertiary alicyclic amines) is 1. The number of amides is 1. The van der Waals surface area contributed by atoms with Crippen LogP contribution in [-0.4, -0.2) is 49.2 Å². The second-order valence-corrected chi connectivity index (χ2v) is 9.46. The van der Waals surface area contributed by atoms with E-state index >= 15 is 0 Å². The maximum atomic E-state index is 13.2. The molecule has 0 bridgehead atoms. The molecule has 1 atom stereocenters. The number of nitrogens with zero attached hydrogens (tertiary/aromatic N) is 2. The highest BCUT2D eigenvalue weighted by Crippen LogP contribution is 2.36. The molecular formula is C19H25F3N2O3S. The molecule has 0 saturated carbocycles. The van der Waals surface area contributed by atoms with E-state index < -0.39 is 26.7 Å². The lowest BCUT2D eigenvalue weighted by Gasteiger charge is -2.38. The second kappa shape index (κ2) is 8.02. The van der Waals surface area contributed by atoms with E-state index in [4.69, 9.17) is 0 Å². The molecule has 0 N–H and O–H groups in total. The van der Waals surface area contributed by atoms with E-state index in [2.05, 4.69) is 0 Å². The number of piperidine rings is 2. The number of rotatable bonds is 3. The molecule has 28 heavy (non-hydrogen) atoms. The van der Waals surface area contributed by atoms with Gasteiger partial charge in [-0.15, -0.1) is 0 Å². The topological polar surface area (TPSA) is 57.7 Å². The Hall–Kier alpha value is -1.61. The zero-order valence-electron chi connectivity index (χ0n) is 15.8. The number of benzene rings is 1. The average molecular weight is 418 g/mol. The zero-order chi connectivity index (χ0) is 20.5. The van der Waals surface area contributed by atoms with E-state index in [0.717, 1.165) is 42.2 Å². The van der Waals surface area contributed by atoms with Crippen LogP contribution in [-0.2, 0) is 21.0 Å². The van der Waals surface area contributed by atoms with Crippen molar-refractivity contribution in [1.82, 2.24) is 9.21 Å². The molecule has 9 heteroatoms. The molecule has 5 nitrogen and oxygen atoms in total. The minimum atomic E-state index is -4.75. The van der Waals surface area contributed by atoms with E-state index in [1.807, 2.05) is 11.8 Å². The van der Waals surface area contributed by atoms with Gasteiger partial charge in [0.25, 0.3) is 0 Å². The van der Waals surface area contributed by atoms with Crippen molar-refractivity contribution >= 4 is 15.9 Å². The predicted molar refractivity (Wildman–Crippen MR) is 98.0 cm³/mol. The fourth-order valence-corrected chi connectivity index (χ4v) is 5.75. The average Bonchev–Trinajstić information content (AvgIpc) is 2.67. The van der Waals surface area contributed by atoms with Gasteiger partial charge in [0.1, 0.15) is 0 Å². The largest absolute Gasteiger partial charge is 0.417 e. The van der Waals surface area contributed by atoms with Crippen LogP contribution in [0.1, 0.15) is 44.6 Å². The summed E-state index contributed by atoms with van der Waals surface area (Å²) in [5, 5.41) is 0. The van der Waals surface area contributed by atoms with Crippen LogP contribution in [0.4, 0.5) is 13.2 Å². The van der Waals surface area contributed by atoms with Crippen molar-refractivity contribution in [3.63, 3.8) is 0 Å².